The molecule has 2 fully saturated rings. The molecular weight excluding hydrogens is 907 g/mol. The second kappa shape index (κ2) is 22.6. The number of anilines is 2. The lowest BCUT2D eigenvalue weighted by molar-refractivity contribution is 0.0696. The van der Waals surface area contributed by atoms with Gasteiger partial charge in [-0.3, -0.25) is 24.7 Å². The van der Waals surface area contributed by atoms with Crippen LogP contribution in [-0.4, -0.2) is 46.9 Å². The molecule has 8 aromatic rings. The van der Waals surface area contributed by atoms with Crippen molar-refractivity contribution in [2.45, 2.75) is 70.9 Å². The van der Waals surface area contributed by atoms with Gasteiger partial charge in [0, 0.05) is 90.3 Å². The summed E-state index contributed by atoms with van der Waals surface area (Å²) >= 11 is 12.0. The minimum Gasteiger partial charge on any atom is -0.478 e. The zero-order chi connectivity index (χ0) is 45.5. The lowest BCUT2D eigenvalue weighted by Crippen LogP contribution is -2.24. The van der Waals surface area contributed by atoms with Crippen LogP contribution in [0.1, 0.15) is 111 Å². The third-order valence-corrected chi connectivity index (χ3v) is 11.4. The Labute approximate surface area is 405 Å². The number of carbonyl (C=O) groups is 2. The van der Waals surface area contributed by atoms with E-state index in [4.69, 9.17) is 45.5 Å². The summed E-state index contributed by atoms with van der Waals surface area (Å²) in [7, 11) is 0. The third-order valence-electron chi connectivity index (χ3n) is 11.0. The second-order valence-corrected chi connectivity index (χ2v) is 17.0. The number of halogens is 3. The summed E-state index contributed by atoms with van der Waals surface area (Å²) in [4.78, 5) is 49.8. The number of nitrogens with one attached hydrogen (secondary N) is 1. The molecule has 0 unspecified atom stereocenters. The number of rotatable bonds is 11. The van der Waals surface area contributed by atoms with Gasteiger partial charge in [0.05, 0.1) is 38.0 Å². The minimum atomic E-state index is -0.951. The molecule has 0 saturated heterocycles. The Morgan fingerprint density at radius 3 is 1.60 bits per heavy atom. The van der Waals surface area contributed by atoms with Gasteiger partial charge in [-0.25, -0.2) is 14.8 Å². The maximum absolute atomic E-state index is 12.8. The standard InChI is InChI=1S/C25H22ClN5O.C16H11ClN2O2.C9H13N3.CH4.ClH/c26-20-11-19-9-15(1-5-22(19)29-14-20)10-21-12-17(7-8-28-21)25(32)30-13-18-4-6-23(27)31-24(18)16-2-3-16;17-13-7-12-5-10(1-2-15(12)19-9-13)6-14-8-11(16(20)21)3-4-18-14;10-5-7-3-4-8(11)12-9(7)6-1-2-6;;/h1,4-9,11-12,14,16H,2-3,10,13H2,(H2,27,31)(H,30,32);1-5,7-9H,6H2,(H,20,21);3-4,6H,1-2,5,10H2,(H2,11,12);1H4;1H. The number of nitrogens with two attached hydrogens (primary N) is 3. The van der Waals surface area contributed by atoms with Gasteiger partial charge in [-0.2, -0.15) is 0 Å². The predicted octanol–water partition coefficient (Wildman–Crippen LogP) is 10.3. The number of carboxylic acids is 1. The number of aromatic nitrogens is 6. The summed E-state index contributed by atoms with van der Waals surface area (Å²) in [6.45, 7) is 0.993. The van der Waals surface area contributed by atoms with Crippen LogP contribution < -0.4 is 22.5 Å². The van der Waals surface area contributed by atoms with Gasteiger partial charge < -0.3 is 27.6 Å². The van der Waals surface area contributed by atoms with E-state index in [-0.39, 0.29) is 31.3 Å². The maximum Gasteiger partial charge on any atom is 0.335 e. The fourth-order valence-corrected chi connectivity index (χ4v) is 7.76. The molecule has 0 radical (unpaired) electrons. The summed E-state index contributed by atoms with van der Waals surface area (Å²) in [5, 5.41) is 15.1. The Morgan fingerprint density at radius 2 is 1.10 bits per heavy atom. The minimum absolute atomic E-state index is 0. The smallest absolute Gasteiger partial charge is 0.335 e. The molecule has 16 heteroatoms. The monoisotopic (exact) mass is 956 g/mol. The molecule has 2 aliphatic carbocycles. The molecule has 1 amide bonds. The molecule has 344 valence electrons. The first-order valence-corrected chi connectivity index (χ1v) is 21.9. The van der Waals surface area contributed by atoms with Crippen molar-refractivity contribution in [2.24, 2.45) is 5.73 Å². The summed E-state index contributed by atoms with van der Waals surface area (Å²) < 4.78 is 0. The summed E-state index contributed by atoms with van der Waals surface area (Å²) in [5.74, 6) is 1.13. The van der Waals surface area contributed by atoms with Crippen molar-refractivity contribution in [1.82, 2.24) is 35.2 Å². The molecule has 6 aromatic heterocycles. The number of benzene rings is 2. The molecule has 10 rings (SSSR count). The zero-order valence-corrected chi connectivity index (χ0v) is 38.0. The highest BCUT2D eigenvalue weighted by Crippen LogP contribution is 2.41. The first-order valence-electron chi connectivity index (χ1n) is 21.2. The lowest BCUT2D eigenvalue weighted by atomic mass is 10.0. The number of amides is 1. The zero-order valence-electron chi connectivity index (χ0n) is 35.7. The SMILES string of the molecule is C.Cl.NCc1ccc(N)nc1C1CC1.Nc1ccc(CNC(=O)c2ccnc(Cc3ccc4ncc(Cl)cc4c3)c2)c(C2CC2)n1.O=C(O)c1ccnc(Cc2ccc3ncc(Cl)cc3c2)c1. The van der Waals surface area contributed by atoms with Crippen LogP contribution in [0.3, 0.4) is 0 Å². The van der Waals surface area contributed by atoms with Crippen LogP contribution in [0.25, 0.3) is 21.8 Å². The molecule has 0 atom stereocenters. The number of carbonyl (C=O) groups excluding carboxylic acids is 1. The van der Waals surface area contributed by atoms with Crippen molar-refractivity contribution in [1.29, 1.82) is 0 Å². The Balaban J connectivity index is 0.000000182. The molecule has 8 N–H and O–H groups in total. The van der Waals surface area contributed by atoms with E-state index in [0.29, 0.717) is 70.7 Å². The maximum atomic E-state index is 12.8. The van der Waals surface area contributed by atoms with Crippen LogP contribution in [-0.2, 0) is 25.9 Å². The first-order chi connectivity index (χ1) is 31.5. The summed E-state index contributed by atoms with van der Waals surface area (Å²) in [5.41, 5.74) is 27.5. The van der Waals surface area contributed by atoms with Gasteiger partial charge in [0.2, 0.25) is 0 Å². The van der Waals surface area contributed by atoms with Gasteiger partial charge in [0.25, 0.3) is 5.91 Å². The van der Waals surface area contributed by atoms with E-state index in [1.54, 1.807) is 36.8 Å². The number of aromatic carboxylic acids is 1. The van der Waals surface area contributed by atoms with Gasteiger partial charge in [-0.05, 0) is 121 Å². The average Bonchev–Trinajstić information content (AvgIpc) is 4.24. The molecule has 2 aliphatic rings. The molecule has 0 bridgehead atoms. The topological polar surface area (TPSA) is 222 Å². The number of pyridine rings is 6. The fourth-order valence-electron chi connectivity index (χ4n) is 7.43. The van der Waals surface area contributed by atoms with Crippen LogP contribution in [0.15, 0.2) is 122 Å². The lowest BCUT2D eigenvalue weighted by Gasteiger charge is -2.11. The van der Waals surface area contributed by atoms with E-state index < -0.39 is 5.97 Å². The van der Waals surface area contributed by atoms with Crippen LogP contribution in [0, 0.1) is 0 Å². The highest BCUT2D eigenvalue weighted by atomic mass is 35.5. The van der Waals surface area contributed by atoms with Crippen molar-refractivity contribution in [3.05, 3.63) is 188 Å². The van der Waals surface area contributed by atoms with E-state index in [2.05, 4.69) is 41.3 Å². The molecule has 6 heterocycles. The first kappa shape index (κ1) is 49.7. The molecule has 0 aliphatic heterocycles. The number of hydrogen-bond donors (Lipinski definition) is 5. The molecular formula is C51H51Cl3N10O3. The van der Waals surface area contributed by atoms with Crippen LogP contribution in [0.4, 0.5) is 11.6 Å². The van der Waals surface area contributed by atoms with Crippen molar-refractivity contribution in [3.8, 4) is 0 Å². The predicted molar refractivity (Wildman–Crippen MR) is 269 cm³/mol. The third kappa shape index (κ3) is 13.4. The molecule has 2 saturated carbocycles. The van der Waals surface area contributed by atoms with Gasteiger partial charge in [-0.1, -0.05) is 54.9 Å². The molecule has 0 spiro atoms. The van der Waals surface area contributed by atoms with Crippen molar-refractivity contribution in [2.75, 3.05) is 11.5 Å². The van der Waals surface area contributed by atoms with E-state index in [9.17, 15) is 9.59 Å². The Hall–Kier alpha value is -6.77. The fraction of sp³-hybridized carbons (Fsp3) is 0.216. The number of carboxylic acid groups (broad SMARTS) is 1. The summed E-state index contributed by atoms with van der Waals surface area (Å²) in [6, 6.07) is 29.8. The Kier molecular flexibility index (Phi) is 16.8. The average molecular weight is 958 g/mol. The quantitative estimate of drug-likeness (QED) is 0.0817. The highest BCUT2D eigenvalue weighted by Gasteiger charge is 2.28. The number of nitrogen functional groups attached to an aromatic ring is 2. The van der Waals surface area contributed by atoms with Gasteiger partial charge >= 0.3 is 5.97 Å². The number of nitrogens with zero attached hydrogens (tertiary/aromatic N) is 6. The molecule has 67 heavy (non-hydrogen) atoms. The number of fused-ring (bicyclic) bond motifs is 2. The van der Waals surface area contributed by atoms with Crippen LogP contribution in [0.5, 0.6) is 0 Å². The Bertz CT molecular complexity index is 3040. The molecule has 13 nitrogen and oxygen atoms in total. The van der Waals surface area contributed by atoms with Crippen molar-refractivity contribution >= 4 is 80.9 Å². The summed E-state index contributed by atoms with van der Waals surface area (Å²) in [6.07, 6.45) is 12.3. The van der Waals surface area contributed by atoms with Crippen molar-refractivity contribution in [3.63, 3.8) is 0 Å². The van der Waals surface area contributed by atoms with E-state index in [1.165, 1.54) is 25.1 Å². The molecule has 2 aromatic carbocycles. The Morgan fingerprint density at radius 1 is 0.627 bits per heavy atom. The van der Waals surface area contributed by atoms with Crippen molar-refractivity contribution < 1.29 is 14.7 Å². The highest BCUT2D eigenvalue weighted by molar-refractivity contribution is 6.31. The van der Waals surface area contributed by atoms with E-state index in [0.717, 1.165) is 74.0 Å². The van der Waals surface area contributed by atoms with Gasteiger partial charge in [-0.15, -0.1) is 12.4 Å². The largest absolute Gasteiger partial charge is 0.478 e. The van der Waals surface area contributed by atoms with Gasteiger partial charge in [0.1, 0.15) is 11.6 Å². The van der Waals surface area contributed by atoms with Crippen LogP contribution >= 0.6 is 35.6 Å². The van der Waals surface area contributed by atoms with E-state index >= 15 is 0 Å². The second-order valence-electron chi connectivity index (χ2n) is 16.1. The normalized spacial score (nSPS) is 12.6. The van der Waals surface area contributed by atoms with Crippen LogP contribution in [0.2, 0.25) is 10.0 Å². The van der Waals surface area contributed by atoms with Gasteiger partial charge in [0.15, 0.2) is 0 Å². The van der Waals surface area contributed by atoms with E-state index in [1.807, 2.05) is 66.7 Å². The number of hydrogen-bond acceptors (Lipinski definition) is 11.